The van der Waals surface area contributed by atoms with Gasteiger partial charge in [0.1, 0.15) is 11.5 Å². The van der Waals surface area contributed by atoms with Gasteiger partial charge in [0.2, 0.25) is 0 Å². The first kappa shape index (κ1) is 14.9. The first-order valence-corrected chi connectivity index (χ1v) is 6.01. The van der Waals surface area contributed by atoms with Gasteiger partial charge in [0.25, 0.3) is 0 Å². The summed E-state index contributed by atoms with van der Waals surface area (Å²) in [4.78, 5) is 11.1. The second-order valence-corrected chi connectivity index (χ2v) is 4.29. The molecule has 1 N–H and O–H groups in total. The molecule has 2 aromatic carbocycles. The number of alkyl halides is 3. The molecular weight excluding hydrogens is 285 g/mol. The van der Waals surface area contributed by atoms with Crippen LogP contribution in [-0.4, -0.2) is 17.3 Å². The predicted octanol–water partition coefficient (Wildman–Crippen LogP) is 4.28. The highest BCUT2D eigenvalue weighted by molar-refractivity contribution is 5.90. The summed E-state index contributed by atoms with van der Waals surface area (Å²) in [6, 6.07) is 12.0. The van der Waals surface area contributed by atoms with Crippen LogP contribution >= 0.6 is 0 Å². The van der Waals surface area contributed by atoms with Crippen molar-refractivity contribution in [3.63, 3.8) is 0 Å². The summed E-state index contributed by atoms with van der Waals surface area (Å²) in [6.07, 6.45) is -5.89. The van der Waals surface area contributed by atoms with Gasteiger partial charge in [-0.15, -0.1) is 0 Å². The maximum atomic E-state index is 12.7. The number of carboxylic acid groups (broad SMARTS) is 1. The molecule has 0 saturated heterocycles. The summed E-state index contributed by atoms with van der Waals surface area (Å²) in [5.74, 6) is -1.20. The van der Waals surface area contributed by atoms with Gasteiger partial charge in [-0.2, -0.15) is 13.2 Å². The van der Waals surface area contributed by atoms with E-state index in [1.54, 1.807) is 30.3 Å². The van der Waals surface area contributed by atoms with Crippen LogP contribution in [0.5, 0.6) is 11.5 Å². The molecule has 0 bridgehead atoms. The maximum Gasteiger partial charge on any atom is 0.393 e. The number of hydrogen-bond donors (Lipinski definition) is 1. The summed E-state index contributed by atoms with van der Waals surface area (Å²) in [6.45, 7) is 0. The SMILES string of the molecule is O=C(O)c1cccc(Oc2ccccc2)c1CC(F)(F)F. The molecule has 0 aliphatic rings. The molecule has 2 aromatic rings. The van der Waals surface area contributed by atoms with Crippen molar-refractivity contribution < 1.29 is 27.8 Å². The zero-order valence-electron chi connectivity index (χ0n) is 10.7. The summed E-state index contributed by atoms with van der Waals surface area (Å²) >= 11 is 0. The smallest absolute Gasteiger partial charge is 0.393 e. The average Bonchev–Trinajstić information content (AvgIpc) is 2.40. The van der Waals surface area contributed by atoms with Crippen molar-refractivity contribution in [1.82, 2.24) is 0 Å². The maximum absolute atomic E-state index is 12.7. The van der Waals surface area contributed by atoms with Gasteiger partial charge in [-0.25, -0.2) is 4.79 Å². The Labute approximate surface area is 118 Å². The number of benzene rings is 2. The van der Waals surface area contributed by atoms with Crippen LogP contribution in [0.4, 0.5) is 13.2 Å². The van der Waals surface area contributed by atoms with Gasteiger partial charge in [0.05, 0.1) is 12.0 Å². The minimum Gasteiger partial charge on any atom is -0.478 e. The minimum atomic E-state index is -4.53. The summed E-state index contributed by atoms with van der Waals surface area (Å²) in [5, 5.41) is 9.03. The highest BCUT2D eigenvalue weighted by atomic mass is 19.4. The van der Waals surface area contributed by atoms with E-state index in [-0.39, 0.29) is 11.3 Å². The monoisotopic (exact) mass is 296 g/mol. The van der Waals surface area contributed by atoms with Crippen molar-refractivity contribution in [3.05, 3.63) is 59.7 Å². The number of rotatable bonds is 4. The quantitative estimate of drug-likeness (QED) is 0.916. The molecule has 0 atom stereocenters. The molecule has 110 valence electrons. The standard InChI is InChI=1S/C15H11F3O3/c16-15(17,18)9-12-11(14(19)20)7-4-8-13(12)21-10-5-2-1-3-6-10/h1-8H,9H2,(H,19,20). The van der Waals surface area contributed by atoms with Crippen LogP contribution in [0.25, 0.3) is 0 Å². The second kappa shape index (κ2) is 5.87. The van der Waals surface area contributed by atoms with E-state index in [2.05, 4.69) is 0 Å². The zero-order valence-corrected chi connectivity index (χ0v) is 10.7. The molecule has 2 rings (SSSR count). The number of aromatic carboxylic acids is 1. The van der Waals surface area contributed by atoms with Gasteiger partial charge in [-0.1, -0.05) is 24.3 Å². The van der Waals surface area contributed by atoms with Crippen LogP contribution in [0.3, 0.4) is 0 Å². The Kier molecular flexibility index (Phi) is 4.16. The molecule has 0 saturated carbocycles. The van der Waals surface area contributed by atoms with Crippen molar-refractivity contribution >= 4 is 5.97 Å². The lowest BCUT2D eigenvalue weighted by Gasteiger charge is -2.15. The number of para-hydroxylation sites is 1. The van der Waals surface area contributed by atoms with Gasteiger partial charge in [0, 0.05) is 5.56 Å². The van der Waals surface area contributed by atoms with E-state index in [9.17, 15) is 18.0 Å². The molecule has 21 heavy (non-hydrogen) atoms. The first-order valence-electron chi connectivity index (χ1n) is 6.01. The van der Waals surface area contributed by atoms with E-state index in [1.165, 1.54) is 12.1 Å². The number of carboxylic acids is 1. The van der Waals surface area contributed by atoms with Gasteiger partial charge in [-0.3, -0.25) is 0 Å². The van der Waals surface area contributed by atoms with Crippen molar-refractivity contribution in [2.75, 3.05) is 0 Å². The number of hydrogen-bond acceptors (Lipinski definition) is 2. The highest BCUT2D eigenvalue weighted by Crippen LogP contribution is 2.33. The fourth-order valence-corrected chi connectivity index (χ4v) is 1.86. The molecule has 0 fully saturated rings. The Morgan fingerprint density at radius 1 is 1.05 bits per heavy atom. The molecule has 3 nitrogen and oxygen atoms in total. The Balaban J connectivity index is 2.44. The van der Waals surface area contributed by atoms with Crippen LogP contribution in [0.15, 0.2) is 48.5 Å². The van der Waals surface area contributed by atoms with Crippen LogP contribution in [-0.2, 0) is 6.42 Å². The van der Waals surface area contributed by atoms with E-state index in [4.69, 9.17) is 9.84 Å². The molecule has 0 aliphatic carbocycles. The van der Waals surface area contributed by atoms with Crippen molar-refractivity contribution in [1.29, 1.82) is 0 Å². The van der Waals surface area contributed by atoms with Crippen LogP contribution < -0.4 is 4.74 Å². The van der Waals surface area contributed by atoms with E-state index in [0.717, 1.165) is 6.07 Å². The third-order valence-corrected chi connectivity index (χ3v) is 2.71. The highest BCUT2D eigenvalue weighted by Gasteiger charge is 2.32. The summed E-state index contributed by atoms with van der Waals surface area (Å²) in [7, 11) is 0. The molecule has 6 heteroatoms. The largest absolute Gasteiger partial charge is 0.478 e. The first-order chi connectivity index (χ1) is 9.87. The Bertz CT molecular complexity index is 636. The molecule has 0 aromatic heterocycles. The van der Waals surface area contributed by atoms with E-state index < -0.39 is 24.1 Å². The Morgan fingerprint density at radius 2 is 1.71 bits per heavy atom. The molecule has 0 aliphatic heterocycles. The van der Waals surface area contributed by atoms with Gasteiger partial charge in [0.15, 0.2) is 0 Å². The van der Waals surface area contributed by atoms with Crippen LogP contribution in [0.1, 0.15) is 15.9 Å². The van der Waals surface area contributed by atoms with E-state index >= 15 is 0 Å². The van der Waals surface area contributed by atoms with Gasteiger partial charge < -0.3 is 9.84 Å². The third kappa shape index (κ3) is 3.98. The minimum absolute atomic E-state index is 0.113. The molecule has 0 heterocycles. The number of carbonyl (C=O) groups is 1. The second-order valence-electron chi connectivity index (χ2n) is 4.29. The fraction of sp³-hybridized carbons (Fsp3) is 0.133. The molecular formula is C15H11F3O3. The number of ether oxygens (including phenoxy) is 1. The van der Waals surface area contributed by atoms with Crippen molar-refractivity contribution in [3.8, 4) is 11.5 Å². The molecule has 0 unspecified atom stereocenters. The summed E-state index contributed by atoms with van der Waals surface area (Å²) < 4.78 is 43.3. The lowest BCUT2D eigenvalue weighted by Crippen LogP contribution is -2.16. The molecule has 0 spiro atoms. The molecule has 0 amide bonds. The Hall–Kier alpha value is -2.50. The summed E-state index contributed by atoms with van der Waals surface area (Å²) in [5.41, 5.74) is -0.804. The topological polar surface area (TPSA) is 46.5 Å². The normalized spacial score (nSPS) is 11.2. The lowest BCUT2D eigenvalue weighted by molar-refractivity contribution is -0.127. The van der Waals surface area contributed by atoms with Crippen molar-refractivity contribution in [2.24, 2.45) is 0 Å². The molecule has 0 radical (unpaired) electrons. The number of halogens is 3. The van der Waals surface area contributed by atoms with Crippen molar-refractivity contribution in [2.45, 2.75) is 12.6 Å². The Morgan fingerprint density at radius 3 is 2.29 bits per heavy atom. The van der Waals surface area contributed by atoms with Gasteiger partial charge >= 0.3 is 12.1 Å². The van der Waals surface area contributed by atoms with E-state index in [1.807, 2.05) is 0 Å². The van der Waals surface area contributed by atoms with Crippen LogP contribution in [0.2, 0.25) is 0 Å². The van der Waals surface area contributed by atoms with Gasteiger partial charge in [-0.05, 0) is 24.3 Å². The lowest BCUT2D eigenvalue weighted by atomic mass is 10.0. The third-order valence-electron chi connectivity index (χ3n) is 2.71. The fourth-order valence-electron chi connectivity index (χ4n) is 1.86. The zero-order chi connectivity index (χ0) is 15.5. The predicted molar refractivity (Wildman–Crippen MR) is 69.7 cm³/mol. The van der Waals surface area contributed by atoms with E-state index in [0.29, 0.717) is 5.75 Å². The van der Waals surface area contributed by atoms with Crippen LogP contribution in [0, 0.1) is 0 Å². The average molecular weight is 296 g/mol.